The van der Waals surface area contributed by atoms with E-state index in [-0.39, 0.29) is 48.3 Å². The molecule has 1 rings (SSSR count). The van der Waals surface area contributed by atoms with E-state index in [1.54, 1.807) is 20.2 Å². The fourth-order valence-electron chi connectivity index (χ4n) is 2.30. The van der Waals surface area contributed by atoms with E-state index in [0.717, 1.165) is 12.8 Å². The average Bonchev–Trinajstić information content (AvgIpc) is 2.55. The molecule has 1 amide bonds. The van der Waals surface area contributed by atoms with Gasteiger partial charge in [-0.15, -0.1) is 30.6 Å². The normalized spacial score (nSPS) is 15.3. The first-order chi connectivity index (χ1) is 11.0. The molecule has 1 aliphatic rings. The Morgan fingerprint density at radius 1 is 1.38 bits per heavy atom. The molecule has 0 unspecified atom stereocenters. The van der Waals surface area contributed by atoms with Gasteiger partial charge in [0.1, 0.15) is 6.54 Å². The molecule has 1 saturated heterocycles. The maximum absolute atomic E-state index is 11.8. The molecule has 0 saturated carbocycles. The Hall–Kier alpha value is -1.32. The number of carbonyl (C=O) groups is 2. The number of nitrogens with one attached hydrogen (secondary N) is 1. The number of aliphatic imine (C=N–C) groups is 1. The number of likely N-dealkylation sites (tertiary alicyclic amines) is 1. The van der Waals surface area contributed by atoms with Crippen LogP contribution in [0.5, 0.6) is 0 Å². The van der Waals surface area contributed by atoms with Gasteiger partial charge in [-0.25, -0.2) is 4.99 Å². The second kappa shape index (κ2) is 12.1. The summed E-state index contributed by atoms with van der Waals surface area (Å²) in [6.07, 6.45) is 3.21. The molecule has 0 aliphatic carbocycles. The SMILES string of the molecule is C=CCNC(=NCC(=O)N(C)C)N1CCC(C(=O)OCC)CC1.I. The first-order valence-electron chi connectivity index (χ1n) is 8.00. The van der Waals surface area contributed by atoms with Crippen LogP contribution in [-0.2, 0) is 14.3 Å². The molecule has 1 heterocycles. The van der Waals surface area contributed by atoms with Crippen molar-refractivity contribution in [1.82, 2.24) is 15.1 Å². The predicted molar refractivity (Wildman–Crippen MR) is 106 cm³/mol. The largest absolute Gasteiger partial charge is 0.466 e. The van der Waals surface area contributed by atoms with Crippen LogP contribution in [-0.4, -0.2) is 74.5 Å². The van der Waals surface area contributed by atoms with Crippen molar-refractivity contribution in [3.63, 3.8) is 0 Å². The van der Waals surface area contributed by atoms with Gasteiger partial charge < -0.3 is 19.9 Å². The van der Waals surface area contributed by atoms with Gasteiger partial charge in [-0.3, -0.25) is 9.59 Å². The number of hydrogen-bond acceptors (Lipinski definition) is 4. The maximum atomic E-state index is 11.8. The molecule has 0 aromatic carbocycles. The molecule has 0 radical (unpaired) electrons. The van der Waals surface area contributed by atoms with Crippen molar-refractivity contribution in [2.75, 3.05) is 46.9 Å². The molecule has 8 heteroatoms. The first-order valence-corrected chi connectivity index (χ1v) is 8.00. The summed E-state index contributed by atoms with van der Waals surface area (Å²) in [7, 11) is 3.42. The fourth-order valence-corrected chi connectivity index (χ4v) is 2.30. The van der Waals surface area contributed by atoms with E-state index in [2.05, 4.69) is 21.8 Å². The van der Waals surface area contributed by atoms with Crippen LogP contribution in [0, 0.1) is 5.92 Å². The quantitative estimate of drug-likeness (QED) is 0.215. The van der Waals surface area contributed by atoms with Crippen molar-refractivity contribution < 1.29 is 14.3 Å². The second-order valence-electron chi connectivity index (χ2n) is 5.61. The van der Waals surface area contributed by atoms with Crippen LogP contribution in [0.3, 0.4) is 0 Å². The number of guanidine groups is 1. The average molecular weight is 452 g/mol. The van der Waals surface area contributed by atoms with Gasteiger partial charge in [-0.2, -0.15) is 0 Å². The number of rotatable bonds is 6. The van der Waals surface area contributed by atoms with Crippen LogP contribution in [0.25, 0.3) is 0 Å². The van der Waals surface area contributed by atoms with E-state index in [1.165, 1.54) is 4.90 Å². The molecule has 24 heavy (non-hydrogen) atoms. The van der Waals surface area contributed by atoms with Gasteiger partial charge in [0.15, 0.2) is 5.96 Å². The molecule has 7 nitrogen and oxygen atoms in total. The number of hydrogen-bond donors (Lipinski definition) is 1. The molecular weight excluding hydrogens is 423 g/mol. The van der Waals surface area contributed by atoms with Gasteiger partial charge in [0, 0.05) is 33.7 Å². The zero-order valence-corrected chi connectivity index (χ0v) is 17.1. The zero-order chi connectivity index (χ0) is 17.2. The third-order valence-electron chi connectivity index (χ3n) is 3.68. The van der Waals surface area contributed by atoms with Crippen LogP contribution in [0.1, 0.15) is 19.8 Å². The Balaban J connectivity index is 0.00000529. The smallest absolute Gasteiger partial charge is 0.309 e. The molecule has 138 valence electrons. The van der Waals surface area contributed by atoms with Crippen LogP contribution in [0.15, 0.2) is 17.6 Å². The van der Waals surface area contributed by atoms with E-state index in [1.807, 2.05) is 6.92 Å². The van der Waals surface area contributed by atoms with E-state index in [0.29, 0.717) is 32.2 Å². The Kier molecular flexibility index (Phi) is 11.4. The fraction of sp³-hybridized carbons (Fsp3) is 0.688. The van der Waals surface area contributed by atoms with Gasteiger partial charge >= 0.3 is 5.97 Å². The highest BCUT2D eigenvalue weighted by atomic mass is 127. The summed E-state index contributed by atoms with van der Waals surface area (Å²) in [6, 6.07) is 0. The third kappa shape index (κ3) is 7.50. The van der Waals surface area contributed by atoms with E-state index in [4.69, 9.17) is 4.74 Å². The molecule has 1 aliphatic heterocycles. The predicted octanol–water partition coefficient (Wildman–Crippen LogP) is 1.10. The Morgan fingerprint density at radius 2 is 2.00 bits per heavy atom. The third-order valence-corrected chi connectivity index (χ3v) is 3.68. The van der Waals surface area contributed by atoms with E-state index >= 15 is 0 Å². The molecule has 0 atom stereocenters. The molecule has 0 bridgehead atoms. The Bertz CT molecular complexity index is 447. The van der Waals surface area contributed by atoms with Gasteiger partial charge in [0.25, 0.3) is 0 Å². The first kappa shape index (κ1) is 22.7. The number of halogens is 1. The van der Waals surface area contributed by atoms with Crippen LogP contribution < -0.4 is 5.32 Å². The number of likely N-dealkylation sites (N-methyl/N-ethyl adjacent to an activating group) is 1. The topological polar surface area (TPSA) is 74.2 Å². The minimum Gasteiger partial charge on any atom is -0.466 e. The highest BCUT2D eigenvalue weighted by Gasteiger charge is 2.27. The summed E-state index contributed by atoms with van der Waals surface area (Å²) < 4.78 is 5.08. The lowest BCUT2D eigenvalue weighted by atomic mass is 9.97. The molecular formula is C16H29IN4O3. The molecule has 1 fully saturated rings. The van der Waals surface area contributed by atoms with Crippen molar-refractivity contribution in [1.29, 1.82) is 0 Å². The molecule has 1 N–H and O–H groups in total. The number of nitrogens with zero attached hydrogens (tertiary/aromatic N) is 3. The minimum atomic E-state index is -0.118. The number of amides is 1. The van der Waals surface area contributed by atoms with Crippen molar-refractivity contribution in [2.24, 2.45) is 10.9 Å². The minimum absolute atomic E-state index is 0. The lowest BCUT2D eigenvalue weighted by Crippen LogP contribution is -2.47. The summed E-state index contributed by atoms with van der Waals surface area (Å²) in [5, 5.41) is 3.17. The maximum Gasteiger partial charge on any atom is 0.309 e. The van der Waals surface area contributed by atoms with Crippen LogP contribution >= 0.6 is 24.0 Å². The van der Waals surface area contributed by atoms with Gasteiger partial charge in [0.05, 0.1) is 12.5 Å². The lowest BCUT2D eigenvalue weighted by Gasteiger charge is -2.33. The Labute approximate surface area is 161 Å². The summed E-state index contributed by atoms with van der Waals surface area (Å²) >= 11 is 0. The van der Waals surface area contributed by atoms with Crippen LogP contribution in [0.4, 0.5) is 0 Å². The molecule has 0 spiro atoms. The summed E-state index contributed by atoms with van der Waals surface area (Å²) in [6.45, 7) is 8.02. The number of ether oxygens (including phenoxy) is 1. The highest BCUT2D eigenvalue weighted by Crippen LogP contribution is 2.18. The van der Waals surface area contributed by atoms with E-state index in [9.17, 15) is 9.59 Å². The van der Waals surface area contributed by atoms with E-state index < -0.39 is 0 Å². The number of carbonyl (C=O) groups excluding carboxylic acids is 2. The van der Waals surface area contributed by atoms with Crippen molar-refractivity contribution >= 4 is 41.8 Å². The van der Waals surface area contributed by atoms with Crippen molar-refractivity contribution in [3.05, 3.63) is 12.7 Å². The van der Waals surface area contributed by atoms with Crippen LogP contribution in [0.2, 0.25) is 0 Å². The van der Waals surface area contributed by atoms with Gasteiger partial charge in [-0.1, -0.05) is 6.08 Å². The monoisotopic (exact) mass is 452 g/mol. The van der Waals surface area contributed by atoms with Crippen molar-refractivity contribution in [3.8, 4) is 0 Å². The van der Waals surface area contributed by atoms with Crippen molar-refractivity contribution in [2.45, 2.75) is 19.8 Å². The number of piperidine rings is 1. The molecule has 0 aromatic heterocycles. The summed E-state index contributed by atoms with van der Waals surface area (Å²) in [4.78, 5) is 31.5. The van der Waals surface area contributed by atoms with Gasteiger partial charge in [-0.05, 0) is 19.8 Å². The summed E-state index contributed by atoms with van der Waals surface area (Å²) in [5.41, 5.74) is 0. The lowest BCUT2D eigenvalue weighted by molar-refractivity contribution is -0.149. The highest BCUT2D eigenvalue weighted by molar-refractivity contribution is 14.0. The zero-order valence-electron chi connectivity index (χ0n) is 14.8. The molecule has 0 aromatic rings. The summed E-state index contributed by atoms with van der Waals surface area (Å²) in [5.74, 6) is 0.467. The Morgan fingerprint density at radius 3 is 2.50 bits per heavy atom. The van der Waals surface area contributed by atoms with Gasteiger partial charge in [0.2, 0.25) is 5.91 Å². The second-order valence-corrected chi connectivity index (χ2v) is 5.61. The standard InChI is InChI=1S/C16H28N4O3.HI/c1-5-9-17-16(18-12-14(21)19(3)4)20-10-7-13(8-11-20)15(22)23-6-2;/h5,13H,1,6-12H2,2-4H3,(H,17,18);1H. The number of esters is 1.